The number of aromatic nitrogens is 2. The lowest BCUT2D eigenvalue weighted by Crippen LogP contribution is -2.36. The second kappa shape index (κ2) is 8.45. The average molecular weight is 385 g/mol. The molecule has 0 amide bonds. The highest BCUT2D eigenvalue weighted by Gasteiger charge is 2.19. The van der Waals surface area contributed by atoms with E-state index in [4.69, 9.17) is 0 Å². The minimum Gasteiger partial charge on any atom is -0.357 e. The molecule has 8 nitrogen and oxygen atoms in total. The van der Waals surface area contributed by atoms with Crippen molar-refractivity contribution in [3.8, 4) is 0 Å². The average Bonchev–Trinajstić information content (AvgIpc) is 3.19. The number of aryl methyl sites for hydroxylation is 1. The molecule has 0 aliphatic carbocycles. The van der Waals surface area contributed by atoms with E-state index in [9.17, 15) is 8.42 Å². The molecule has 0 radical (unpaired) electrons. The Labute approximate surface area is 152 Å². The lowest BCUT2D eigenvalue weighted by Gasteiger charge is -2.11. The second-order valence-electron chi connectivity index (χ2n) is 5.50. The molecule has 2 aromatic rings. The number of nitrogens with zero attached hydrogens (tertiary/aromatic N) is 4. The van der Waals surface area contributed by atoms with Crippen LogP contribution in [0.4, 0.5) is 0 Å². The van der Waals surface area contributed by atoms with E-state index in [2.05, 4.69) is 20.7 Å². The van der Waals surface area contributed by atoms with Crippen LogP contribution in [0.2, 0.25) is 0 Å². The Hall–Kier alpha value is -1.91. The number of rotatable bonds is 7. The van der Waals surface area contributed by atoms with Gasteiger partial charge in [-0.05, 0) is 25.1 Å². The first-order valence-corrected chi connectivity index (χ1v) is 10.1. The summed E-state index contributed by atoms with van der Waals surface area (Å²) in [6.07, 6.45) is 1.74. The predicted octanol–water partition coefficient (Wildman–Crippen LogP) is 0.987. The number of hydrogen-bond acceptors (Lipinski definition) is 5. The Kier molecular flexibility index (Phi) is 6.57. The van der Waals surface area contributed by atoms with E-state index < -0.39 is 10.0 Å². The fraction of sp³-hybridized carbons (Fsp3) is 0.467. The second-order valence-corrected chi connectivity index (χ2v) is 9.05. The molecule has 0 saturated carbocycles. The molecule has 138 valence electrons. The van der Waals surface area contributed by atoms with Gasteiger partial charge in [-0.1, -0.05) is 0 Å². The quantitative estimate of drug-likeness (QED) is 0.549. The van der Waals surface area contributed by atoms with Gasteiger partial charge in [0.2, 0.25) is 0 Å². The van der Waals surface area contributed by atoms with Crippen molar-refractivity contribution in [3.63, 3.8) is 0 Å². The summed E-state index contributed by atoms with van der Waals surface area (Å²) < 4.78 is 27.6. The van der Waals surface area contributed by atoms with Crippen molar-refractivity contribution < 1.29 is 8.42 Å². The Morgan fingerprint density at radius 2 is 2.08 bits per heavy atom. The highest BCUT2D eigenvalue weighted by Crippen LogP contribution is 2.23. The van der Waals surface area contributed by atoms with E-state index in [0.717, 1.165) is 17.1 Å². The smallest absolute Gasteiger partial charge is 0.252 e. The highest BCUT2D eigenvalue weighted by molar-refractivity contribution is 7.91. The molecule has 0 bridgehead atoms. The molecule has 10 heteroatoms. The van der Waals surface area contributed by atoms with E-state index in [1.807, 2.05) is 26.1 Å². The van der Waals surface area contributed by atoms with E-state index in [0.29, 0.717) is 23.3 Å². The van der Waals surface area contributed by atoms with Crippen LogP contribution in [0.3, 0.4) is 0 Å². The highest BCUT2D eigenvalue weighted by atomic mass is 32.2. The first-order valence-electron chi connectivity index (χ1n) is 7.85. The minimum atomic E-state index is -3.38. The first kappa shape index (κ1) is 19.4. The van der Waals surface area contributed by atoms with Crippen LogP contribution < -0.4 is 10.6 Å². The molecule has 2 rings (SSSR count). The van der Waals surface area contributed by atoms with Crippen LogP contribution in [0.1, 0.15) is 17.5 Å². The van der Waals surface area contributed by atoms with Gasteiger partial charge in [-0.25, -0.2) is 17.7 Å². The number of sulfonamides is 1. The van der Waals surface area contributed by atoms with Gasteiger partial charge in [0.05, 0.1) is 18.8 Å². The number of hydrogen-bond donors (Lipinski definition) is 2. The van der Waals surface area contributed by atoms with Crippen molar-refractivity contribution in [1.29, 1.82) is 0 Å². The van der Waals surface area contributed by atoms with Crippen molar-refractivity contribution in [2.75, 3.05) is 20.6 Å². The molecule has 0 unspecified atom stereocenters. The first-order chi connectivity index (χ1) is 11.8. The molecule has 0 fully saturated rings. The molecular formula is C15H24N6O2S2. The van der Waals surface area contributed by atoms with E-state index in [1.54, 1.807) is 16.9 Å². The van der Waals surface area contributed by atoms with Gasteiger partial charge in [0.15, 0.2) is 5.96 Å². The van der Waals surface area contributed by atoms with Gasteiger partial charge >= 0.3 is 0 Å². The van der Waals surface area contributed by atoms with Gasteiger partial charge < -0.3 is 10.6 Å². The van der Waals surface area contributed by atoms with Gasteiger partial charge in [0.1, 0.15) is 4.21 Å². The van der Waals surface area contributed by atoms with E-state index in [1.165, 1.54) is 29.7 Å². The Morgan fingerprint density at radius 3 is 2.68 bits per heavy atom. The normalized spacial score (nSPS) is 12.6. The molecule has 2 heterocycles. The van der Waals surface area contributed by atoms with Crippen LogP contribution in [-0.4, -0.2) is 49.1 Å². The van der Waals surface area contributed by atoms with Crippen molar-refractivity contribution in [2.45, 2.75) is 24.2 Å². The van der Waals surface area contributed by atoms with Crippen LogP contribution in [-0.2, 0) is 30.2 Å². The third-order valence-corrected chi connectivity index (χ3v) is 6.84. The molecule has 2 aromatic heterocycles. The van der Waals surface area contributed by atoms with Gasteiger partial charge in [0, 0.05) is 38.8 Å². The summed E-state index contributed by atoms with van der Waals surface area (Å²) in [5, 5.41) is 10.5. The topological polar surface area (TPSA) is 91.6 Å². The summed E-state index contributed by atoms with van der Waals surface area (Å²) in [6, 6.07) is 5.38. The third kappa shape index (κ3) is 5.03. The molecule has 0 aliphatic heterocycles. The molecule has 0 saturated heterocycles. The van der Waals surface area contributed by atoms with Crippen molar-refractivity contribution in [3.05, 3.63) is 35.0 Å². The summed E-state index contributed by atoms with van der Waals surface area (Å²) in [5.41, 5.74) is 1.01. The number of nitrogens with one attached hydrogen (secondary N) is 2. The monoisotopic (exact) mass is 384 g/mol. The number of guanidine groups is 1. The summed E-state index contributed by atoms with van der Waals surface area (Å²) in [4.78, 5) is 5.45. The lowest BCUT2D eigenvalue weighted by atomic mass is 10.4. The maximum atomic E-state index is 12.1. The summed E-state index contributed by atoms with van der Waals surface area (Å²) in [7, 11) is 1.56. The Bertz CT molecular complexity index is 823. The lowest BCUT2D eigenvalue weighted by molar-refractivity contribution is 0.523. The van der Waals surface area contributed by atoms with Crippen LogP contribution in [0.25, 0.3) is 0 Å². The fourth-order valence-electron chi connectivity index (χ4n) is 2.00. The zero-order chi connectivity index (χ0) is 18.4. The maximum absolute atomic E-state index is 12.1. The predicted molar refractivity (Wildman–Crippen MR) is 100 cm³/mol. The Morgan fingerprint density at radius 1 is 1.32 bits per heavy atom. The van der Waals surface area contributed by atoms with Gasteiger partial charge in [-0.2, -0.15) is 5.10 Å². The largest absolute Gasteiger partial charge is 0.357 e. The molecule has 0 aliphatic rings. The molecule has 25 heavy (non-hydrogen) atoms. The maximum Gasteiger partial charge on any atom is 0.252 e. The molecule has 0 atom stereocenters. The molecule has 0 spiro atoms. The van der Waals surface area contributed by atoms with Crippen LogP contribution in [0.5, 0.6) is 0 Å². The molecular weight excluding hydrogens is 360 g/mol. The van der Waals surface area contributed by atoms with Crippen molar-refractivity contribution >= 4 is 27.3 Å². The summed E-state index contributed by atoms with van der Waals surface area (Å²) >= 11 is 1.26. The Balaban J connectivity index is 2.02. The van der Waals surface area contributed by atoms with Crippen LogP contribution in [0.15, 0.2) is 33.6 Å². The standard InChI is InChI=1S/C15H24N6O2S2/c1-5-16-15(17-10-12-8-9-19-21(12)4)18-11-13-6-7-14(24-13)25(22,23)20(2)3/h6-9H,5,10-11H2,1-4H3,(H2,16,17,18). The van der Waals surface area contributed by atoms with Crippen molar-refractivity contribution in [2.24, 2.45) is 12.0 Å². The summed E-state index contributed by atoms with van der Waals surface area (Å²) in [6.45, 7) is 3.75. The fourth-order valence-corrected chi connectivity index (χ4v) is 4.47. The van der Waals surface area contributed by atoms with E-state index in [-0.39, 0.29) is 0 Å². The van der Waals surface area contributed by atoms with Gasteiger partial charge in [0.25, 0.3) is 10.0 Å². The van der Waals surface area contributed by atoms with Crippen LogP contribution >= 0.6 is 11.3 Å². The van der Waals surface area contributed by atoms with Crippen LogP contribution in [0, 0.1) is 0 Å². The third-order valence-electron chi connectivity index (χ3n) is 3.47. The molecule has 2 N–H and O–H groups in total. The van der Waals surface area contributed by atoms with Crippen molar-refractivity contribution in [1.82, 2.24) is 24.7 Å². The van der Waals surface area contributed by atoms with Gasteiger partial charge in [-0.15, -0.1) is 11.3 Å². The van der Waals surface area contributed by atoms with Gasteiger partial charge in [-0.3, -0.25) is 4.68 Å². The zero-order valence-corrected chi connectivity index (χ0v) is 16.5. The number of thiophene rings is 1. The summed E-state index contributed by atoms with van der Waals surface area (Å²) in [5.74, 6) is 0.675. The minimum absolute atomic E-state index is 0.339. The zero-order valence-electron chi connectivity index (χ0n) is 14.9. The SMILES string of the molecule is CCNC(=NCc1ccnn1C)NCc1ccc(S(=O)(=O)N(C)C)s1. The van der Waals surface area contributed by atoms with E-state index >= 15 is 0 Å². The number of aliphatic imine (C=N–C) groups is 1. The molecule has 0 aromatic carbocycles.